The summed E-state index contributed by atoms with van der Waals surface area (Å²) < 4.78 is 6.55. The molecule has 2 heterocycles. The molecule has 0 fully saturated rings. The number of oxazole rings is 1. The Kier molecular flexibility index (Phi) is 7.74. The van der Waals surface area contributed by atoms with Crippen molar-refractivity contribution in [3.8, 4) is 67.9 Å². The molecule has 5 nitrogen and oxygen atoms in total. The Morgan fingerprint density at radius 2 is 0.772 bits per heavy atom. The normalized spacial score (nSPS) is 11.5. The van der Waals surface area contributed by atoms with Crippen molar-refractivity contribution in [2.45, 2.75) is 0 Å². The number of benzene rings is 9. The zero-order valence-electron chi connectivity index (χ0n) is 30.7. The lowest BCUT2D eigenvalue weighted by molar-refractivity contribution is 0.623. The molecular weight excluding hydrogens is 697 g/mol. The van der Waals surface area contributed by atoms with Crippen molar-refractivity contribution in [1.29, 1.82) is 0 Å². The summed E-state index contributed by atoms with van der Waals surface area (Å²) in [7, 11) is 0. The van der Waals surface area contributed by atoms with Crippen molar-refractivity contribution in [1.82, 2.24) is 19.9 Å². The predicted molar refractivity (Wildman–Crippen MR) is 233 cm³/mol. The lowest BCUT2D eigenvalue weighted by Crippen LogP contribution is -2.00. The molecule has 11 aromatic rings. The van der Waals surface area contributed by atoms with Crippen LogP contribution in [0.3, 0.4) is 0 Å². The second kappa shape index (κ2) is 13.5. The molecule has 0 amide bonds. The van der Waals surface area contributed by atoms with Crippen molar-refractivity contribution in [2.75, 3.05) is 0 Å². The van der Waals surface area contributed by atoms with Crippen molar-refractivity contribution in [2.24, 2.45) is 0 Å². The summed E-state index contributed by atoms with van der Waals surface area (Å²) in [6.07, 6.45) is 0. The Labute approximate surface area is 328 Å². The molecule has 2 aromatic heterocycles. The number of aromatic nitrogens is 4. The quantitative estimate of drug-likeness (QED) is 0.160. The molecule has 0 spiro atoms. The Morgan fingerprint density at radius 1 is 0.298 bits per heavy atom. The summed E-state index contributed by atoms with van der Waals surface area (Å²) in [5, 5.41) is 6.63. The largest absolute Gasteiger partial charge is 0.435 e. The molecule has 0 radical (unpaired) electrons. The zero-order chi connectivity index (χ0) is 37.7. The van der Waals surface area contributed by atoms with Gasteiger partial charge in [-0.25, -0.2) is 19.9 Å². The van der Waals surface area contributed by atoms with E-state index in [0.717, 1.165) is 76.8 Å². The molecule has 0 saturated heterocycles. The number of rotatable bonds is 6. The Morgan fingerprint density at radius 3 is 1.44 bits per heavy atom. The predicted octanol–water partition coefficient (Wildman–Crippen LogP) is 13.5. The van der Waals surface area contributed by atoms with Crippen LogP contribution in [-0.2, 0) is 0 Å². The van der Waals surface area contributed by atoms with Gasteiger partial charge in [-0.2, -0.15) is 0 Å². The third-order valence-corrected chi connectivity index (χ3v) is 10.7. The smallest absolute Gasteiger partial charge is 0.227 e. The van der Waals surface area contributed by atoms with E-state index < -0.39 is 0 Å². The van der Waals surface area contributed by atoms with E-state index in [1.807, 2.05) is 72.8 Å². The lowest BCUT2D eigenvalue weighted by atomic mass is 9.95. The van der Waals surface area contributed by atoms with E-state index >= 15 is 0 Å². The molecule has 0 aliphatic heterocycles. The number of hydrogen-bond donors (Lipinski definition) is 0. The molecule has 0 N–H and O–H groups in total. The first-order valence-corrected chi connectivity index (χ1v) is 19.0. The molecule has 0 atom stereocenters. The maximum absolute atomic E-state index is 6.55. The van der Waals surface area contributed by atoms with Crippen molar-refractivity contribution in [3.63, 3.8) is 0 Å². The monoisotopic (exact) mass is 728 g/mol. The average molecular weight is 729 g/mol. The molecule has 0 aliphatic rings. The molecule has 11 rings (SSSR count). The molecule has 0 aliphatic carbocycles. The summed E-state index contributed by atoms with van der Waals surface area (Å²) >= 11 is 0. The van der Waals surface area contributed by atoms with Crippen LogP contribution in [-0.4, -0.2) is 19.9 Å². The number of fused-ring (bicyclic) bond motifs is 7. The fourth-order valence-corrected chi connectivity index (χ4v) is 7.86. The van der Waals surface area contributed by atoms with Gasteiger partial charge in [0.2, 0.25) is 5.89 Å². The molecule has 0 bridgehead atoms. The Hall–Kier alpha value is -7.76. The fraction of sp³-hybridized carbons (Fsp3) is 0. The molecule has 0 saturated carbocycles. The summed E-state index contributed by atoms with van der Waals surface area (Å²) in [5.41, 5.74) is 10.0. The summed E-state index contributed by atoms with van der Waals surface area (Å²) in [5.74, 6) is 2.48. The summed E-state index contributed by atoms with van der Waals surface area (Å²) in [6.45, 7) is 0. The molecule has 9 aromatic carbocycles. The molecule has 5 heteroatoms. The van der Waals surface area contributed by atoms with Crippen LogP contribution < -0.4 is 0 Å². The van der Waals surface area contributed by atoms with Crippen molar-refractivity contribution < 1.29 is 4.42 Å². The summed E-state index contributed by atoms with van der Waals surface area (Å²) in [6, 6.07) is 67.1. The fourth-order valence-electron chi connectivity index (χ4n) is 7.86. The van der Waals surface area contributed by atoms with Gasteiger partial charge in [0.15, 0.2) is 23.1 Å². The number of nitrogens with zero attached hydrogens (tertiary/aromatic N) is 4. The van der Waals surface area contributed by atoms with Gasteiger partial charge in [-0.05, 0) is 74.1 Å². The SMILES string of the molecule is c1ccc(-c2cccc(-c3ccc(-c4nc(-c5ccccc5)nc(-c5ccc6c(ccc7ccc8ccc9nc(-c%10ccccc%10)oc9c8c76)c5)n4)cc3)c2)cc1. The van der Waals surface area contributed by atoms with Gasteiger partial charge in [0.25, 0.3) is 0 Å². The highest BCUT2D eigenvalue weighted by molar-refractivity contribution is 6.26. The van der Waals surface area contributed by atoms with E-state index in [9.17, 15) is 0 Å². The minimum atomic E-state index is 0.614. The van der Waals surface area contributed by atoms with Crippen LogP contribution in [0.4, 0.5) is 0 Å². The first kappa shape index (κ1) is 32.7. The van der Waals surface area contributed by atoms with E-state index in [4.69, 9.17) is 24.4 Å². The molecule has 266 valence electrons. The van der Waals surface area contributed by atoms with Gasteiger partial charge < -0.3 is 4.42 Å². The third-order valence-electron chi connectivity index (χ3n) is 10.7. The standard InChI is InChI=1S/C52H32N4O/c1-4-11-33(12-5-1)40-17-10-18-41(31-40)34-19-24-38(25-20-34)50-54-49(37-13-6-2-7-14-37)55-51(56-50)43-27-29-44-42(32-43)26-23-35-21-22-36-28-30-45-48(47(36)46(35)44)57-52(53-45)39-15-8-3-9-16-39/h1-32H. The van der Waals surface area contributed by atoms with Crippen LogP contribution in [0.5, 0.6) is 0 Å². The van der Waals surface area contributed by atoms with E-state index in [1.165, 1.54) is 11.1 Å². The van der Waals surface area contributed by atoms with Crippen LogP contribution in [0, 0.1) is 0 Å². The van der Waals surface area contributed by atoms with Gasteiger partial charge in [0.1, 0.15) is 5.52 Å². The first-order chi connectivity index (χ1) is 28.2. The highest BCUT2D eigenvalue weighted by Gasteiger charge is 2.17. The van der Waals surface area contributed by atoms with Crippen LogP contribution in [0.2, 0.25) is 0 Å². The maximum atomic E-state index is 6.55. The lowest BCUT2D eigenvalue weighted by Gasteiger charge is -2.11. The van der Waals surface area contributed by atoms with E-state index in [0.29, 0.717) is 23.4 Å². The van der Waals surface area contributed by atoms with Crippen LogP contribution in [0.1, 0.15) is 0 Å². The van der Waals surface area contributed by atoms with Crippen molar-refractivity contribution >= 4 is 43.4 Å². The highest BCUT2D eigenvalue weighted by atomic mass is 16.3. The number of hydrogen-bond acceptors (Lipinski definition) is 5. The minimum Gasteiger partial charge on any atom is -0.435 e. The van der Waals surface area contributed by atoms with Gasteiger partial charge in [-0.3, -0.25) is 0 Å². The Balaban J connectivity index is 1.02. The second-order valence-corrected chi connectivity index (χ2v) is 14.3. The second-order valence-electron chi connectivity index (χ2n) is 14.3. The van der Waals surface area contributed by atoms with Gasteiger partial charge >= 0.3 is 0 Å². The van der Waals surface area contributed by atoms with Crippen molar-refractivity contribution in [3.05, 3.63) is 194 Å². The average Bonchev–Trinajstić information content (AvgIpc) is 3.74. The van der Waals surface area contributed by atoms with Gasteiger partial charge in [-0.15, -0.1) is 0 Å². The Bertz CT molecular complexity index is 3270. The van der Waals surface area contributed by atoms with Crippen LogP contribution in [0.15, 0.2) is 199 Å². The topological polar surface area (TPSA) is 64.7 Å². The van der Waals surface area contributed by atoms with Gasteiger partial charge in [-0.1, -0.05) is 164 Å². The molecule has 0 unspecified atom stereocenters. The highest BCUT2D eigenvalue weighted by Crippen LogP contribution is 2.39. The molecule has 57 heavy (non-hydrogen) atoms. The van der Waals surface area contributed by atoms with Gasteiger partial charge in [0.05, 0.1) is 0 Å². The zero-order valence-corrected chi connectivity index (χ0v) is 30.7. The van der Waals surface area contributed by atoms with E-state index in [2.05, 4.69) is 121 Å². The van der Waals surface area contributed by atoms with Crippen LogP contribution in [0.25, 0.3) is 111 Å². The first-order valence-electron chi connectivity index (χ1n) is 19.0. The van der Waals surface area contributed by atoms with Gasteiger partial charge in [0, 0.05) is 33.0 Å². The third kappa shape index (κ3) is 5.90. The minimum absolute atomic E-state index is 0.614. The van der Waals surface area contributed by atoms with E-state index in [1.54, 1.807) is 0 Å². The van der Waals surface area contributed by atoms with Crippen LogP contribution >= 0.6 is 0 Å². The molecular formula is C52H32N4O. The summed E-state index contributed by atoms with van der Waals surface area (Å²) in [4.78, 5) is 20.0. The maximum Gasteiger partial charge on any atom is 0.227 e. The van der Waals surface area contributed by atoms with E-state index in [-0.39, 0.29) is 0 Å².